The number of hydrogen-bond acceptors (Lipinski definition) is 8. The Kier molecular flexibility index (Phi) is 9.50. The lowest BCUT2D eigenvalue weighted by molar-refractivity contribution is -0.177. The Morgan fingerprint density at radius 3 is 2.32 bits per heavy atom. The smallest absolute Gasteiger partial charge is 0.347 e. The van der Waals surface area contributed by atoms with Crippen LogP contribution in [-0.2, 0) is 33.3 Å². The second-order valence-corrected chi connectivity index (χ2v) is 10.1. The summed E-state index contributed by atoms with van der Waals surface area (Å²) in [5.74, 6) is -1.42. The third-order valence-electron chi connectivity index (χ3n) is 6.16. The topological polar surface area (TPSA) is 108 Å². The molecule has 1 aromatic carbocycles. The van der Waals surface area contributed by atoms with Gasteiger partial charge in [0.2, 0.25) is 6.10 Å². The summed E-state index contributed by atoms with van der Waals surface area (Å²) < 4.78 is 21.2. The number of carbonyl (C=O) groups is 3. The van der Waals surface area contributed by atoms with Crippen LogP contribution in [0.15, 0.2) is 24.3 Å². The van der Waals surface area contributed by atoms with Gasteiger partial charge in [-0.25, -0.2) is 4.79 Å². The predicted molar refractivity (Wildman–Crippen MR) is 125 cm³/mol. The molecule has 8 nitrogen and oxygen atoms in total. The molecule has 0 bridgehead atoms. The summed E-state index contributed by atoms with van der Waals surface area (Å²) in [6, 6.07) is 6.91. The van der Waals surface area contributed by atoms with Gasteiger partial charge in [0.1, 0.15) is 5.75 Å². The monoisotopic (exact) mass is 478 g/mol. The number of benzene rings is 1. The minimum absolute atomic E-state index is 0.0132. The summed E-state index contributed by atoms with van der Waals surface area (Å²) in [5.41, 5.74) is -1.13. The zero-order valence-corrected chi connectivity index (χ0v) is 21.1. The molecule has 0 saturated carbocycles. The Balaban J connectivity index is 2.25. The van der Waals surface area contributed by atoms with Crippen molar-refractivity contribution in [3.8, 4) is 5.75 Å². The number of carbonyl (C=O) groups excluding carboxylic acids is 3. The zero-order chi connectivity index (χ0) is 25.5. The predicted octanol–water partition coefficient (Wildman–Crippen LogP) is 4.48. The fourth-order valence-corrected chi connectivity index (χ4v) is 4.33. The molecule has 0 aromatic heterocycles. The fraction of sp³-hybridized carbons (Fsp3) is 0.654. The quantitative estimate of drug-likeness (QED) is 0.266. The van der Waals surface area contributed by atoms with Crippen LogP contribution < -0.4 is 0 Å². The first-order chi connectivity index (χ1) is 15.9. The van der Waals surface area contributed by atoms with Crippen LogP contribution >= 0.6 is 0 Å². The van der Waals surface area contributed by atoms with Gasteiger partial charge in [-0.1, -0.05) is 19.1 Å². The lowest BCUT2D eigenvalue weighted by Crippen LogP contribution is -2.41. The van der Waals surface area contributed by atoms with Crippen molar-refractivity contribution in [1.82, 2.24) is 0 Å². The summed E-state index contributed by atoms with van der Waals surface area (Å²) in [6.45, 7) is 10.9. The van der Waals surface area contributed by atoms with Gasteiger partial charge in [0.25, 0.3) is 0 Å². The van der Waals surface area contributed by atoms with Crippen LogP contribution in [0.25, 0.3) is 0 Å². The van der Waals surface area contributed by atoms with Gasteiger partial charge in [-0.2, -0.15) is 0 Å². The van der Waals surface area contributed by atoms with Crippen LogP contribution in [0.3, 0.4) is 0 Å². The fourth-order valence-electron chi connectivity index (χ4n) is 4.33. The molecule has 3 unspecified atom stereocenters. The first-order valence-electron chi connectivity index (χ1n) is 11.8. The molecule has 1 aliphatic heterocycles. The average molecular weight is 479 g/mol. The molecule has 3 atom stereocenters. The van der Waals surface area contributed by atoms with Crippen molar-refractivity contribution in [1.29, 1.82) is 0 Å². The van der Waals surface area contributed by atoms with E-state index in [0.29, 0.717) is 12.8 Å². The molecule has 34 heavy (non-hydrogen) atoms. The highest BCUT2D eigenvalue weighted by molar-refractivity contribution is 5.84. The van der Waals surface area contributed by atoms with Gasteiger partial charge in [0, 0.05) is 6.42 Å². The molecule has 1 aliphatic rings. The Hall–Kier alpha value is -2.61. The van der Waals surface area contributed by atoms with Crippen molar-refractivity contribution in [3.63, 3.8) is 0 Å². The molecule has 2 rings (SSSR count). The highest BCUT2D eigenvalue weighted by Gasteiger charge is 2.46. The number of aromatic hydroxyl groups is 1. The highest BCUT2D eigenvalue weighted by Crippen LogP contribution is 2.44. The average Bonchev–Trinajstić information content (AvgIpc) is 3.16. The minimum atomic E-state index is -1.07. The van der Waals surface area contributed by atoms with E-state index in [1.807, 2.05) is 32.9 Å². The molecular formula is C26H38O8. The van der Waals surface area contributed by atoms with Crippen LogP contribution in [-0.4, -0.2) is 48.6 Å². The van der Waals surface area contributed by atoms with Crippen LogP contribution in [0.4, 0.5) is 0 Å². The number of hydrogen-bond donors (Lipinski definition) is 1. The Bertz CT molecular complexity index is 845. The zero-order valence-electron chi connectivity index (χ0n) is 21.1. The van der Waals surface area contributed by atoms with Crippen molar-refractivity contribution < 1.29 is 38.4 Å². The van der Waals surface area contributed by atoms with Gasteiger partial charge in [0.05, 0.1) is 23.5 Å². The van der Waals surface area contributed by atoms with Crippen LogP contribution in [0, 0.1) is 10.8 Å². The Labute approximate surface area is 201 Å². The van der Waals surface area contributed by atoms with E-state index in [2.05, 4.69) is 0 Å². The molecular weight excluding hydrogens is 440 g/mol. The third-order valence-corrected chi connectivity index (χ3v) is 6.16. The SMILES string of the molecule is CCC(CC(C)(CC(C)(C)C(=O)OC1CCOC1=O)C(=O)OCOC(C)C)c1ccc(O)cc1. The van der Waals surface area contributed by atoms with E-state index < -0.39 is 34.8 Å². The number of phenolic OH excluding ortho intramolecular Hbond substituents is 1. The largest absolute Gasteiger partial charge is 0.508 e. The van der Waals surface area contributed by atoms with Gasteiger partial charge in [0.15, 0.2) is 6.79 Å². The maximum atomic E-state index is 13.3. The highest BCUT2D eigenvalue weighted by atomic mass is 16.7. The number of ether oxygens (including phenoxy) is 4. The third kappa shape index (κ3) is 7.45. The lowest BCUT2D eigenvalue weighted by Gasteiger charge is -2.37. The number of rotatable bonds is 12. The van der Waals surface area contributed by atoms with Crippen LogP contribution in [0.5, 0.6) is 5.75 Å². The summed E-state index contributed by atoms with van der Waals surface area (Å²) in [4.78, 5) is 38.1. The van der Waals surface area contributed by atoms with E-state index in [1.54, 1.807) is 32.9 Å². The first-order valence-corrected chi connectivity index (χ1v) is 11.8. The summed E-state index contributed by atoms with van der Waals surface area (Å²) >= 11 is 0. The molecule has 0 aliphatic carbocycles. The van der Waals surface area contributed by atoms with Gasteiger partial charge < -0.3 is 24.1 Å². The lowest BCUT2D eigenvalue weighted by atomic mass is 9.68. The molecule has 0 radical (unpaired) electrons. The normalized spacial score (nSPS) is 18.8. The minimum Gasteiger partial charge on any atom is -0.508 e. The van der Waals surface area contributed by atoms with Gasteiger partial charge >= 0.3 is 17.9 Å². The molecule has 8 heteroatoms. The summed E-state index contributed by atoms with van der Waals surface area (Å²) in [5, 5.41) is 9.65. The van der Waals surface area contributed by atoms with E-state index in [0.717, 1.165) is 12.0 Å². The molecule has 1 heterocycles. The van der Waals surface area contributed by atoms with E-state index in [9.17, 15) is 19.5 Å². The first kappa shape index (κ1) is 27.6. The molecule has 1 fully saturated rings. The van der Waals surface area contributed by atoms with Crippen molar-refractivity contribution in [2.24, 2.45) is 10.8 Å². The van der Waals surface area contributed by atoms with Crippen molar-refractivity contribution in [2.75, 3.05) is 13.4 Å². The van der Waals surface area contributed by atoms with E-state index in [4.69, 9.17) is 18.9 Å². The number of esters is 3. The molecule has 0 amide bonds. The van der Waals surface area contributed by atoms with Gasteiger partial charge in [-0.3, -0.25) is 9.59 Å². The van der Waals surface area contributed by atoms with E-state index >= 15 is 0 Å². The van der Waals surface area contributed by atoms with Crippen molar-refractivity contribution >= 4 is 17.9 Å². The standard InChI is InChI=1S/C26H38O8/c1-7-18(19-8-10-20(27)11-9-19)14-26(6,24(30)33-16-32-17(2)3)15-25(4,5)23(29)34-21-12-13-31-22(21)28/h8-11,17-18,21,27H,7,12-16H2,1-6H3. The summed E-state index contributed by atoms with van der Waals surface area (Å²) in [6.07, 6.45) is 0.620. The number of cyclic esters (lactones) is 1. The molecule has 1 aromatic rings. The maximum Gasteiger partial charge on any atom is 0.347 e. The molecule has 0 spiro atoms. The molecule has 190 valence electrons. The van der Waals surface area contributed by atoms with Crippen LogP contribution in [0.1, 0.15) is 78.7 Å². The Morgan fingerprint density at radius 2 is 1.79 bits per heavy atom. The summed E-state index contributed by atoms with van der Waals surface area (Å²) in [7, 11) is 0. The molecule has 1 saturated heterocycles. The second-order valence-electron chi connectivity index (χ2n) is 10.1. The van der Waals surface area contributed by atoms with Gasteiger partial charge in [-0.15, -0.1) is 0 Å². The Morgan fingerprint density at radius 1 is 1.15 bits per heavy atom. The van der Waals surface area contributed by atoms with Gasteiger partial charge in [-0.05, 0) is 77.5 Å². The van der Waals surface area contributed by atoms with E-state index in [-0.39, 0.29) is 37.6 Å². The second kappa shape index (κ2) is 11.7. The number of phenols is 1. The van der Waals surface area contributed by atoms with Crippen LogP contribution in [0.2, 0.25) is 0 Å². The van der Waals surface area contributed by atoms with Crippen molar-refractivity contribution in [3.05, 3.63) is 29.8 Å². The van der Waals surface area contributed by atoms with E-state index in [1.165, 1.54) is 0 Å². The van der Waals surface area contributed by atoms with Crippen molar-refractivity contribution in [2.45, 2.75) is 85.4 Å². The maximum absolute atomic E-state index is 13.3. The molecule has 1 N–H and O–H groups in total.